The van der Waals surface area contributed by atoms with Crippen molar-refractivity contribution in [2.45, 2.75) is 59.3 Å². The van der Waals surface area contributed by atoms with Crippen molar-refractivity contribution < 1.29 is 8.83 Å². The highest BCUT2D eigenvalue weighted by molar-refractivity contribution is 7.23. The number of rotatable bonds is 6. The van der Waals surface area contributed by atoms with Gasteiger partial charge in [-0.3, -0.25) is 0 Å². The molecule has 4 nitrogen and oxygen atoms in total. The number of anilines is 6. The van der Waals surface area contributed by atoms with Crippen molar-refractivity contribution >= 4 is 165 Å². The van der Waals surface area contributed by atoms with Gasteiger partial charge in [-0.05, 0) is 205 Å². The van der Waals surface area contributed by atoms with Gasteiger partial charge < -0.3 is 18.6 Å². The van der Waals surface area contributed by atoms with Gasteiger partial charge in [0.1, 0.15) is 22.5 Å². The Morgan fingerprint density at radius 2 is 0.702 bits per heavy atom. The van der Waals surface area contributed by atoms with Crippen molar-refractivity contribution in [3.63, 3.8) is 0 Å². The predicted molar refractivity (Wildman–Crippen MR) is 365 cm³/mol. The fourth-order valence-electron chi connectivity index (χ4n) is 13.1. The highest BCUT2D eigenvalue weighted by atomic mass is 32.1. The summed E-state index contributed by atoms with van der Waals surface area (Å²) < 4.78 is 20.2. The first-order valence-electron chi connectivity index (χ1n) is 28.9. The number of thiophene rings is 4. The third kappa shape index (κ3) is 7.89. The van der Waals surface area contributed by atoms with Gasteiger partial charge in [-0.1, -0.05) is 126 Å². The van der Waals surface area contributed by atoms with Gasteiger partial charge in [0, 0.05) is 71.8 Å². The molecule has 0 spiro atoms. The number of furan rings is 2. The maximum Gasteiger partial charge on any atom is 0.342 e. The zero-order valence-electron chi connectivity index (χ0n) is 47.6. The molecule has 6 aromatic heterocycles. The van der Waals surface area contributed by atoms with Crippen molar-refractivity contribution in [2.24, 2.45) is 0 Å². The van der Waals surface area contributed by atoms with Gasteiger partial charge in [0.05, 0.1) is 11.4 Å². The Morgan fingerprint density at radius 3 is 1.02 bits per heavy atom. The summed E-state index contributed by atoms with van der Waals surface area (Å²) in [6.07, 6.45) is 0. The second-order valence-corrected chi connectivity index (χ2v) is 29.3. The fourth-order valence-corrected chi connectivity index (χ4v) is 17.3. The van der Waals surface area contributed by atoms with E-state index in [1.165, 1.54) is 93.2 Å². The third-order valence-corrected chi connectivity index (χ3v) is 22.0. The van der Waals surface area contributed by atoms with E-state index in [-0.39, 0.29) is 17.5 Å². The summed E-state index contributed by atoms with van der Waals surface area (Å²) in [4.78, 5) is 10.0. The maximum absolute atomic E-state index is 7.57. The molecule has 15 aromatic rings. The molecule has 2 aliphatic heterocycles. The Kier molecular flexibility index (Phi) is 10.9. The molecule has 9 heteroatoms. The van der Waals surface area contributed by atoms with Gasteiger partial charge in [-0.25, -0.2) is 0 Å². The minimum absolute atomic E-state index is 0.115. The SMILES string of the molecule is Cc1cc2c3c(c1)N(c1cc(-c4cc5ccccc5s4)cc(-c4cc5ccccc5s4)c1)c1c(oc4ccc(C(C)(C)C)cc14)B3c1oc3ccc(C(C)(C)C)cc3c1N2c1cc(-c2cc3ccccc3s2)cc(-c2cc3ccccc3s2)c1. The molecule has 84 heavy (non-hydrogen) atoms. The number of fused-ring (bicyclic) bond motifs is 12. The molecular formula is C75H55BN2O2S4. The Bertz CT molecular complexity index is 4600. The van der Waals surface area contributed by atoms with Crippen LogP contribution in [0.25, 0.3) is 104 Å². The second kappa shape index (κ2) is 18.3. The molecule has 9 aromatic carbocycles. The Balaban J connectivity index is 0.982. The summed E-state index contributed by atoms with van der Waals surface area (Å²) in [5.41, 5.74) is 19.2. The number of aryl methyl sites for hydroxylation is 1. The van der Waals surface area contributed by atoms with E-state index in [2.05, 4.69) is 265 Å². The summed E-state index contributed by atoms with van der Waals surface area (Å²) in [5.74, 6) is 0. The molecule has 8 heterocycles. The first kappa shape index (κ1) is 50.1. The highest BCUT2D eigenvalue weighted by Gasteiger charge is 2.50. The van der Waals surface area contributed by atoms with Gasteiger partial charge in [-0.15, -0.1) is 45.3 Å². The van der Waals surface area contributed by atoms with Crippen LogP contribution < -0.4 is 26.6 Å². The van der Waals surface area contributed by atoms with E-state index < -0.39 is 0 Å². The molecule has 0 fully saturated rings. The third-order valence-electron chi connectivity index (χ3n) is 17.3. The van der Waals surface area contributed by atoms with Gasteiger partial charge in [-0.2, -0.15) is 0 Å². The monoisotopic (exact) mass is 1150 g/mol. The van der Waals surface area contributed by atoms with Crippen LogP contribution in [0.2, 0.25) is 0 Å². The maximum atomic E-state index is 7.57. The van der Waals surface area contributed by atoms with Gasteiger partial charge in [0.2, 0.25) is 0 Å². The molecule has 17 rings (SSSR count). The molecule has 2 aliphatic rings. The molecule has 404 valence electrons. The molecule has 0 aliphatic carbocycles. The van der Waals surface area contributed by atoms with Crippen LogP contribution in [0.1, 0.15) is 58.2 Å². The van der Waals surface area contributed by atoms with Crippen LogP contribution in [-0.4, -0.2) is 6.71 Å². The molecule has 0 saturated heterocycles. The van der Waals surface area contributed by atoms with Crippen molar-refractivity contribution in [1.29, 1.82) is 0 Å². The number of benzene rings is 9. The highest BCUT2D eigenvalue weighted by Crippen LogP contribution is 2.53. The summed E-state index contributed by atoms with van der Waals surface area (Å²) in [5, 5.41) is 7.17. The van der Waals surface area contributed by atoms with Crippen LogP contribution in [-0.2, 0) is 10.8 Å². The lowest BCUT2D eigenvalue weighted by molar-refractivity contribution is 0.590. The summed E-state index contributed by atoms with van der Waals surface area (Å²) in [6, 6.07) is 77.7. The lowest BCUT2D eigenvalue weighted by Crippen LogP contribution is -2.60. The molecule has 0 amide bonds. The Hall–Kier alpha value is -8.44. The van der Waals surface area contributed by atoms with Crippen LogP contribution >= 0.6 is 45.3 Å². The van der Waals surface area contributed by atoms with Crippen molar-refractivity contribution in [1.82, 2.24) is 0 Å². The first-order chi connectivity index (χ1) is 40.7. The first-order valence-corrected chi connectivity index (χ1v) is 32.1. The number of hydrogen-bond donors (Lipinski definition) is 0. The molecule has 0 atom stereocenters. The largest absolute Gasteiger partial charge is 0.468 e. The van der Waals surface area contributed by atoms with Crippen LogP contribution in [0, 0.1) is 6.92 Å². The van der Waals surface area contributed by atoms with Gasteiger partial charge in [0.15, 0.2) is 0 Å². The van der Waals surface area contributed by atoms with Crippen LogP contribution in [0.3, 0.4) is 0 Å². The Morgan fingerprint density at radius 1 is 0.369 bits per heavy atom. The van der Waals surface area contributed by atoms with Crippen LogP contribution in [0.5, 0.6) is 0 Å². The molecular weight excluding hydrogens is 1100 g/mol. The second-order valence-electron chi connectivity index (χ2n) is 25.0. The summed E-state index contributed by atoms with van der Waals surface area (Å²) >= 11 is 7.43. The van der Waals surface area contributed by atoms with E-state index in [0.29, 0.717) is 0 Å². The molecule has 0 radical (unpaired) electrons. The summed E-state index contributed by atoms with van der Waals surface area (Å²) in [7, 11) is 0. The molecule has 0 N–H and O–H groups in total. The van der Waals surface area contributed by atoms with Crippen molar-refractivity contribution in [2.75, 3.05) is 9.80 Å². The minimum atomic E-state index is -0.384. The van der Waals surface area contributed by atoms with E-state index in [9.17, 15) is 0 Å². The predicted octanol–water partition coefficient (Wildman–Crippen LogP) is 21.7. The quantitative estimate of drug-likeness (QED) is 0.155. The Labute approximate surface area is 504 Å². The van der Waals surface area contributed by atoms with E-state index in [1.54, 1.807) is 0 Å². The lowest BCUT2D eigenvalue weighted by atomic mass is 9.37. The average Bonchev–Trinajstić information content (AvgIpc) is 1.93. The molecule has 0 unspecified atom stereocenters. The average molecular weight is 1160 g/mol. The number of nitrogens with zero attached hydrogens (tertiary/aromatic N) is 2. The lowest BCUT2D eigenvalue weighted by Gasteiger charge is -2.41. The topological polar surface area (TPSA) is 32.8 Å². The fraction of sp³-hybridized carbons (Fsp3) is 0.120. The van der Waals surface area contributed by atoms with Crippen LogP contribution in [0.15, 0.2) is 215 Å². The summed E-state index contributed by atoms with van der Waals surface area (Å²) in [6.45, 7) is 15.7. The zero-order valence-corrected chi connectivity index (χ0v) is 50.8. The number of hydrogen-bond acceptors (Lipinski definition) is 8. The van der Waals surface area contributed by atoms with E-state index >= 15 is 0 Å². The zero-order chi connectivity index (χ0) is 56.5. The van der Waals surface area contributed by atoms with E-state index in [0.717, 1.165) is 78.4 Å². The smallest absolute Gasteiger partial charge is 0.342 e. The minimum Gasteiger partial charge on any atom is -0.468 e. The van der Waals surface area contributed by atoms with E-state index in [1.807, 2.05) is 45.3 Å². The van der Waals surface area contributed by atoms with Gasteiger partial charge >= 0.3 is 6.71 Å². The van der Waals surface area contributed by atoms with Crippen molar-refractivity contribution in [3.8, 4) is 41.8 Å². The van der Waals surface area contributed by atoms with Crippen LogP contribution in [0.4, 0.5) is 34.1 Å². The van der Waals surface area contributed by atoms with E-state index in [4.69, 9.17) is 8.83 Å². The van der Waals surface area contributed by atoms with Crippen molar-refractivity contribution in [3.05, 3.63) is 223 Å². The normalized spacial score (nSPS) is 13.3. The molecule has 0 bridgehead atoms. The molecule has 0 saturated carbocycles. The standard InChI is InChI=1S/C75H55BN2O2S4/c1-42-28-57-69-58(29-42)78(54-34-49(67-38-45-18-10-14-22-63(45)83-67)31-50(35-54)68-39-46-19-11-15-23-64(46)84-68)71-56-41-52(75(5,6)7)25-27-60(56)80-73(71)76(69)72-70(55-40-51(74(2,3)4)24-26-59(55)79-72)77(57)53-32-47(65-36-43-16-8-12-20-61(43)81-65)30-48(33-53)66-37-44-17-9-13-21-62(44)82-66/h8-41H,1-7H3. The van der Waals surface area contributed by atoms with Gasteiger partial charge in [0.25, 0.3) is 0 Å².